The molecule has 0 aromatic heterocycles. The van der Waals surface area contributed by atoms with Gasteiger partial charge in [-0.3, -0.25) is 4.79 Å². The first-order chi connectivity index (χ1) is 6.63. The Labute approximate surface area is 81.6 Å². The summed E-state index contributed by atoms with van der Waals surface area (Å²) >= 11 is 0. The molecule has 0 bridgehead atoms. The first-order valence-corrected chi connectivity index (χ1v) is 3.98. The molecule has 76 valence electrons. The normalized spacial score (nSPS) is 9.50. The van der Waals surface area contributed by atoms with Gasteiger partial charge in [-0.05, 0) is 12.1 Å². The minimum atomic E-state index is -0.528. The largest absolute Gasteiger partial charge is 0.495 e. The number of hydrogen-bond acceptors (Lipinski definition) is 4. The molecular weight excluding hydrogens is 184 g/mol. The molecule has 0 heterocycles. The average molecular weight is 196 g/mol. The summed E-state index contributed by atoms with van der Waals surface area (Å²) in [5.74, 6) is 0.526. The van der Waals surface area contributed by atoms with Crippen LogP contribution in [0, 0.1) is 0 Å². The third-order valence-corrected chi connectivity index (χ3v) is 1.58. The first kappa shape index (κ1) is 10.2. The van der Waals surface area contributed by atoms with Crippen molar-refractivity contribution in [2.45, 2.75) is 0 Å². The van der Waals surface area contributed by atoms with E-state index in [0.717, 1.165) is 0 Å². The van der Waals surface area contributed by atoms with Crippen LogP contribution in [0.25, 0.3) is 0 Å². The van der Waals surface area contributed by atoms with Gasteiger partial charge in [0.15, 0.2) is 6.61 Å². The second-order valence-corrected chi connectivity index (χ2v) is 2.66. The van der Waals surface area contributed by atoms with Crippen LogP contribution < -0.4 is 20.9 Å². The molecule has 0 aliphatic rings. The van der Waals surface area contributed by atoms with E-state index < -0.39 is 5.91 Å². The lowest BCUT2D eigenvalue weighted by Crippen LogP contribution is -2.20. The van der Waals surface area contributed by atoms with Gasteiger partial charge in [0.25, 0.3) is 5.91 Å². The zero-order valence-corrected chi connectivity index (χ0v) is 7.82. The van der Waals surface area contributed by atoms with Crippen molar-refractivity contribution in [2.75, 3.05) is 19.5 Å². The van der Waals surface area contributed by atoms with E-state index in [1.807, 2.05) is 0 Å². The Balaban J connectivity index is 2.71. The molecular formula is C9H12N2O3. The predicted molar refractivity (Wildman–Crippen MR) is 52.1 cm³/mol. The number of amides is 1. The number of carbonyl (C=O) groups is 1. The van der Waals surface area contributed by atoms with Crippen molar-refractivity contribution in [2.24, 2.45) is 5.73 Å². The third kappa shape index (κ3) is 2.55. The van der Waals surface area contributed by atoms with E-state index in [1.54, 1.807) is 18.2 Å². The number of rotatable bonds is 4. The van der Waals surface area contributed by atoms with Crippen LogP contribution in [-0.4, -0.2) is 19.6 Å². The van der Waals surface area contributed by atoms with Gasteiger partial charge in [-0.2, -0.15) is 0 Å². The van der Waals surface area contributed by atoms with Gasteiger partial charge in [0.1, 0.15) is 11.5 Å². The highest BCUT2D eigenvalue weighted by Gasteiger charge is 2.02. The minimum Gasteiger partial charge on any atom is -0.495 e. The Morgan fingerprint density at radius 3 is 2.71 bits per heavy atom. The van der Waals surface area contributed by atoms with Crippen LogP contribution in [0.5, 0.6) is 11.5 Å². The maximum atomic E-state index is 10.4. The Kier molecular flexibility index (Phi) is 3.17. The van der Waals surface area contributed by atoms with Crippen molar-refractivity contribution in [3.8, 4) is 11.5 Å². The van der Waals surface area contributed by atoms with Crippen LogP contribution in [0.2, 0.25) is 0 Å². The van der Waals surface area contributed by atoms with Crippen LogP contribution in [-0.2, 0) is 4.79 Å². The van der Waals surface area contributed by atoms with E-state index in [0.29, 0.717) is 17.2 Å². The van der Waals surface area contributed by atoms with E-state index in [1.165, 1.54) is 7.11 Å². The average Bonchev–Trinajstić information content (AvgIpc) is 2.15. The first-order valence-electron chi connectivity index (χ1n) is 3.98. The number of ether oxygens (including phenoxy) is 2. The van der Waals surface area contributed by atoms with Gasteiger partial charge in [-0.15, -0.1) is 0 Å². The van der Waals surface area contributed by atoms with Crippen molar-refractivity contribution in [3.63, 3.8) is 0 Å². The van der Waals surface area contributed by atoms with Crippen molar-refractivity contribution >= 4 is 11.6 Å². The smallest absolute Gasteiger partial charge is 0.255 e. The molecule has 0 saturated carbocycles. The molecule has 0 radical (unpaired) electrons. The van der Waals surface area contributed by atoms with Gasteiger partial charge in [0, 0.05) is 6.07 Å². The lowest BCUT2D eigenvalue weighted by Gasteiger charge is -2.07. The van der Waals surface area contributed by atoms with Crippen LogP contribution in [0.1, 0.15) is 0 Å². The van der Waals surface area contributed by atoms with E-state index in [4.69, 9.17) is 20.9 Å². The second kappa shape index (κ2) is 4.36. The van der Waals surface area contributed by atoms with Crippen LogP contribution in [0.3, 0.4) is 0 Å². The van der Waals surface area contributed by atoms with Crippen molar-refractivity contribution < 1.29 is 14.3 Å². The molecule has 0 spiro atoms. The molecule has 0 saturated heterocycles. The molecule has 1 aromatic rings. The number of methoxy groups -OCH3 is 1. The van der Waals surface area contributed by atoms with Crippen molar-refractivity contribution in [1.29, 1.82) is 0 Å². The molecule has 4 N–H and O–H groups in total. The fraction of sp³-hybridized carbons (Fsp3) is 0.222. The van der Waals surface area contributed by atoms with Gasteiger partial charge in [-0.1, -0.05) is 0 Å². The number of carbonyl (C=O) groups excluding carboxylic acids is 1. The third-order valence-electron chi connectivity index (χ3n) is 1.58. The Morgan fingerprint density at radius 2 is 2.21 bits per heavy atom. The quantitative estimate of drug-likeness (QED) is 0.670. The molecule has 5 nitrogen and oxygen atoms in total. The standard InChI is InChI=1S/C9H12N2O3/c1-13-8-3-2-6(4-7(8)10)14-5-9(11)12/h2-4H,5,10H2,1H3,(H2,11,12). The summed E-state index contributed by atoms with van der Waals surface area (Å²) in [6, 6.07) is 4.88. The maximum absolute atomic E-state index is 10.4. The number of benzene rings is 1. The molecule has 0 aliphatic carbocycles. The summed E-state index contributed by atoms with van der Waals surface area (Å²) < 4.78 is 9.99. The fourth-order valence-corrected chi connectivity index (χ4v) is 0.957. The summed E-state index contributed by atoms with van der Waals surface area (Å²) in [5.41, 5.74) is 11.0. The van der Waals surface area contributed by atoms with E-state index in [2.05, 4.69) is 0 Å². The zero-order valence-electron chi connectivity index (χ0n) is 7.82. The number of nitrogens with two attached hydrogens (primary N) is 2. The van der Waals surface area contributed by atoms with E-state index >= 15 is 0 Å². The lowest BCUT2D eigenvalue weighted by molar-refractivity contribution is -0.119. The van der Waals surface area contributed by atoms with Gasteiger partial charge in [0.2, 0.25) is 0 Å². The molecule has 1 amide bonds. The maximum Gasteiger partial charge on any atom is 0.255 e. The number of primary amides is 1. The minimum absolute atomic E-state index is 0.161. The number of anilines is 1. The summed E-state index contributed by atoms with van der Waals surface area (Å²) in [4.78, 5) is 10.4. The van der Waals surface area contributed by atoms with Gasteiger partial charge >= 0.3 is 0 Å². The molecule has 1 rings (SSSR count). The molecule has 1 aromatic carbocycles. The lowest BCUT2D eigenvalue weighted by atomic mass is 10.3. The monoisotopic (exact) mass is 196 g/mol. The SMILES string of the molecule is COc1ccc(OCC(N)=O)cc1N. The Bertz CT molecular complexity index is 339. The molecule has 5 heteroatoms. The Hall–Kier alpha value is -1.91. The van der Waals surface area contributed by atoms with E-state index in [-0.39, 0.29) is 6.61 Å². The van der Waals surface area contributed by atoms with Crippen LogP contribution >= 0.6 is 0 Å². The molecule has 0 aliphatic heterocycles. The summed E-state index contributed by atoms with van der Waals surface area (Å²) in [6.07, 6.45) is 0. The topological polar surface area (TPSA) is 87.6 Å². The highest BCUT2D eigenvalue weighted by molar-refractivity contribution is 5.75. The highest BCUT2D eigenvalue weighted by atomic mass is 16.5. The van der Waals surface area contributed by atoms with Crippen molar-refractivity contribution in [1.82, 2.24) is 0 Å². The summed E-state index contributed by atoms with van der Waals surface area (Å²) in [5, 5.41) is 0. The van der Waals surface area contributed by atoms with Gasteiger partial charge in [-0.25, -0.2) is 0 Å². The number of nitrogen functional groups attached to an aromatic ring is 1. The highest BCUT2D eigenvalue weighted by Crippen LogP contribution is 2.25. The fourth-order valence-electron chi connectivity index (χ4n) is 0.957. The zero-order chi connectivity index (χ0) is 10.6. The predicted octanol–water partition coefficient (Wildman–Crippen LogP) is 0.141. The van der Waals surface area contributed by atoms with Crippen LogP contribution in [0.15, 0.2) is 18.2 Å². The molecule has 0 fully saturated rings. The van der Waals surface area contributed by atoms with Crippen molar-refractivity contribution in [3.05, 3.63) is 18.2 Å². The Morgan fingerprint density at radius 1 is 1.50 bits per heavy atom. The van der Waals surface area contributed by atoms with Gasteiger partial charge < -0.3 is 20.9 Å². The van der Waals surface area contributed by atoms with Gasteiger partial charge in [0.05, 0.1) is 12.8 Å². The van der Waals surface area contributed by atoms with Crippen LogP contribution in [0.4, 0.5) is 5.69 Å². The summed E-state index contributed by atoms with van der Waals surface area (Å²) in [7, 11) is 1.52. The summed E-state index contributed by atoms with van der Waals surface area (Å²) in [6.45, 7) is -0.161. The number of hydrogen-bond donors (Lipinski definition) is 2. The molecule has 0 unspecified atom stereocenters. The molecule has 14 heavy (non-hydrogen) atoms. The molecule has 0 atom stereocenters. The second-order valence-electron chi connectivity index (χ2n) is 2.66. The van der Waals surface area contributed by atoms with E-state index in [9.17, 15) is 4.79 Å².